The standard InChI is InChI=1S/C21H20N4O2/c26-21(23-13-18-4-3-11-27-18)22-12-16-7-9-17(10-8-16)14-25-15-24-19-5-1-2-6-20(19)25/h1-11,15H,12-14H2,(H2,22,23,26). The maximum atomic E-state index is 11.8. The minimum absolute atomic E-state index is 0.222. The van der Waals surface area contributed by atoms with Crippen molar-refractivity contribution in [1.82, 2.24) is 20.2 Å². The Kier molecular flexibility index (Phi) is 4.87. The van der Waals surface area contributed by atoms with Crippen LogP contribution in [0.2, 0.25) is 0 Å². The van der Waals surface area contributed by atoms with Gasteiger partial charge in [-0.1, -0.05) is 36.4 Å². The van der Waals surface area contributed by atoms with Crippen LogP contribution in [0.5, 0.6) is 0 Å². The highest BCUT2D eigenvalue weighted by molar-refractivity contribution is 5.75. The molecule has 0 spiro atoms. The number of hydrogen-bond acceptors (Lipinski definition) is 3. The molecule has 0 aliphatic carbocycles. The first-order chi connectivity index (χ1) is 13.3. The van der Waals surface area contributed by atoms with Crippen LogP contribution in [-0.2, 0) is 19.6 Å². The van der Waals surface area contributed by atoms with Crippen molar-refractivity contribution in [2.75, 3.05) is 0 Å². The Morgan fingerprint density at radius 2 is 1.70 bits per heavy atom. The molecular formula is C21H20N4O2. The topological polar surface area (TPSA) is 72.1 Å². The third-order valence-electron chi connectivity index (χ3n) is 4.36. The minimum atomic E-state index is -0.222. The molecule has 6 heteroatoms. The highest BCUT2D eigenvalue weighted by Crippen LogP contribution is 2.14. The molecule has 0 aliphatic rings. The third kappa shape index (κ3) is 4.17. The van der Waals surface area contributed by atoms with Gasteiger partial charge in [-0.15, -0.1) is 0 Å². The molecule has 0 aliphatic heterocycles. The number of carbonyl (C=O) groups is 1. The highest BCUT2D eigenvalue weighted by atomic mass is 16.3. The smallest absolute Gasteiger partial charge is 0.315 e. The van der Waals surface area contributed by atoms with E-state index in [1.807, 2.05) is 42.7 Å². The lowest BCUT2D eigenvalue weighted by atomic mass is 10.1. The zero-order valence-corrected chi connectivity index (χ0v) is 14.8. The van der Waals surface area contributed by atoms with Crippen molar-refractivity contribution in [3.63, 3.8) is 0 Å². The van der Waals surface area contributed by atoms with E-state index in [4.69, 9.17) is 4.42 Å². The molecule has 2 N–H and O–H groups in total. The summed E-state index contributed by atoms with van der Waals surface area (Å²) in [6.45, 7) is 1.60. The second-order valence-corrected chi connectivity index (χ2v) is 6.29. The molecule has 0 bridgehead atoms. The number of nitrogens with one attached hydrogen (secondary N) is 2. The van der Waals surface area contributed by atoms with Gasteiger partial charge in [-0.25, -0.2) is 9.78 Å². The number of rotatable bonds is 6. The van der Waals surface area contributed by atoms with Crippen molar-refractivity contribution >= 4 is 17.1 Å². The summed E-state index contributed by atoms with van der Waals surface area (Å²) in [5.41, 5.74) is 4.35. The fourth-order valence-corrected chi connectivity index (χ4v) is 2.92. The summed E-state index contributed by atoms with van der Waals surface area (Å²) < 4.78 is 7.31. The van der Waals surface area contributed by atoms with Crippen molar-refractivity contribution in [3.05, 3.63) is 90.1 Å². The molecule has 6 nitrogen and oxygen atoms in total. The minimum Gasteiger partial charge on any atom is -0.467 e. The monoisotopic (exact) mass is 360 g/mol. The predicted molar refractivity (Wildman–Crippen MR) is 103 cm³/mol. The molecule has 0 atom stereocenters. The van der Waals surface area contributed by atoms with E-state index in [0.29, 0.717) is 13.1 Å². The van der Waals surface area contributed by atoms with Gasteiger partial charge >= 0.3 is 6.03 Å². The summed E-state index contributed by atoms with van der Waals surface area (Å²) in [7, 11) is 0. The fraction of sp³-hybridized carbons (Fsp3) is 0.143. The van der Waals surface area contributed by atoms with E-state index in [2.05, 4.69) is 38.4 Å². The summed E-state index contributed by atoms with van der Waals surface area (Å²) in [5, 5.41) is 5.60. The van der Waals surface area contributed by atoms with Crippen molar-refractivity contribution in [1.29, 1.82) is 0 Å². The highest BCUT2D eigenvalue weighted by Gasteiger charge is 2.04. The van der Waals surface area contributed by atoms with Crippen molar-refractivity contribution in [2.45, 2.75) is 19.6 Å². The fourth-order valence-electron chi connectivity index (χ4n) is 2.92. The molecule has 136 valence electrons. The summed E-state index contributed by atoms with van der Waals surface area (Å²) in [4.78, 5) is 16.3. The molecule has 0 fully saturated rings. The lowest BCUT2D eigenvalue weighted by molar-refractivity contribution is 0.239. The zero-order valence-electron chi connectivity index (χ0n) is 14.8. The Balaban J connectivity index is 1.30. The molecule has 0 unspecified atom stereocenters. The van der Waals surface area contributed by atoms with Crippen LogP contribution in [-0.4, -0.2) is 15.6 Å². The number of aromatic nitrogens is 2. The molecule has 0 saturated carbocycles. The summed E-state index contributed by atoms with van der Waals surface area (Å²) in [6, 6.07) is 19.7. The number of benzene rings is 2. The van der Waals surface area contributed by atoms with E-state index < -0.39 is 0 Å². The number of urea groups is 1. The Labute approximate surface area is 156 Å². The van der Waals surface area contributed by atoms with Gasteiger partial charge in [0, 0.05) is 13.1 Å². The summed E-state index contributed by atoms with van der Waals surface area (Å²) in [5.74, 6) is 0.724. The maximum absolute atomic E-state index is 11.8. The first-order valence-corrected chi connectivity index (χ1v) is 8.80. The second-order valence-electron chi connectivity index (χ2n) is 6.29. The maximum Gasteiger partial charge on any atom is 0.315 e. The van der Waals surface area contributed by atoms with E-state index in [9.17, 15) is 4.79 Å². The first-order valence-electron chi connectivity index (χ1n) is 8.80. The van der Waals surface area contributed by atoms with Gasteiger partial charge in [0.05, 0.1) is 30.2 Å². The van der Waals surface area contributed by atoms with E-state index >= 15 is 0 Å². The number of carbonyl (C=O) groups excluding carboxylic acids is 1. The van der Waals surface area contributed by atoms with Gasteiger partial charge in [0.1, 0.15) is 5.76 Å². The predicted octanol–water partition coefficient (Wildman–Crippen LogP) is 3.68. The zero-order chi connectivity index (χ0) is 18.5. The number of fused-ring (bicyclic) bond motifs is 1. The third-order valence-corrected chi connectivity index (χ3v) is 4.36. The van der Waals surface area contributed by atoms with Crippen LogP contribution in [0.15, 0.2) is 77.7 Å². The van der Waals surface area contributed by atoms with Crippen LogP contribution in [0, 0.1) is 0 Å². The molecule has 0 saturated heterocycles. The van der Waals surface area contributed by atoms with Gasteiger partial charge in [0.15, 0.2) is 0 Å². The Morgan fingerprint density at radius 3 is 2.52 bits per heavy atom. The average Bonchev–Trinajstić information content (AvgIpc) is 3.36. The van der Waals surface area contributed by atoms with Gasteiger partial charge in [0.25, 0.3) is 0 Å². The van der Waals surface area contributed by atoms with Gasteiger partial charge in [-0.2, -0.15) is 0 Å². The molecule has 2 heterocycles. The Hall–Kier alpha value is -3.54. The molecule has 4 rings (SSSR count). The first kappa shape index (κ1) is 16.9. The number of nitrogens with zero attached hydrogens (tertiary/aromatic N) is 2. The number of amides is 2. The van der Waals surface area contributed by atoms with Crippen LogP contribution in [0.3, 0.4) is 0 Å². The van der Waals surface area contributed by atoms with Gasteiger partial charge in [-0.05, 0) is 35.4 Å². The quantitative estimate of drug-likeness (QED) is 0.551. The normalized spacial score (nSPS) is 10.8. The van der Waals surface area contributed by atoms with Crippen LogP contribution >= 0.6 is 0 Å². The van der Waals surface area contributed by atoms with E-state index in [0.717, 1.165) is 28.9 Å². The van der Waals surface area contributed by atoms with Gasteiger partial charge < -0.3 is 19.6 Å². The molecule has 27 heavy (non-hydrogen) atoms. The molecular weight excluding hydrogens is 340 g/mol. The van der Waals surface area contributed by atoms with Crippen molar-refractivity contribution in [3.8, 4) is 0 Å². The summed E-state index contributed by atoms with van der Waals surface area (Å²) >= 11 is 0. The Bertz CT molecular complexity index is 1020. The van der Waals surface area contributed by atoms with E-state index in [1.54, 1.807) is 12.3 Å². The summed E-state index contributed by atoms with van der Waals surface area (Å²) in [6.07, 6.45) is 3.45. The SMILES string of the molecule is O=C(NCc1ccc(Cn2cnc3ccccc32)cc1)NCc1ccco1. The van der Waals surface area contributed by atoms with E-state index in [-0.39, 0.29) is 6.03 Å². The molecule has 2 aromatic heterocycles. The van der Waals surface area contributed by atoms with Gasteiger partial charge in [0.2, 0.25) is 0 Å². The average molecular weight is 360 g/mol. The van der Waals surface area contributed by atoms with Crippen LogP contribution in [0.4, 0.5) is 4.79 Å². The molecule has 4 aromatic rings. The van der Waals surface area contributed by atoms with Crippen molar-refractivity contribution < 1.29 is 9.21 Å². The Morgan fingerprint density at radius 1 is 0.926 bits per heavy atom. The van der Waals surface area contributed by atoms with Crippen molar-refractivity contribution in [2.24, 2.45) is 0 Å². The number of para-hydroxylation sites is 2. The molecule has 0 radical (unpaired) electrons. The second kappa shape index (κ2) is 7.78. The number of furan rings is 1. The van der Waals surface area contributed by atoms with Crippen LogP contribution in [0.1, 0.15) is 16.9 Å². The van der Waals surface area contributed by atoms with Gasteiger partial charge in [-0.3, -0.25) is 0 Å². The van der Waals surface area contributed by atoms with Crippen LogP contribution < -0.4 is 10.6 Å². The number of hydrogen-bond donors (Lipinski definition) is 2. The lowest BCUT2D eigenvalue weighted by Gasteiger charge is -2.08. The van der Waals surface area contributed by atoms with Crippen LogP contribution in [0.25, 0.3) is 11.0 Å². The number of imidazole rings is 1. The largest absolute Gasteiger partial charge is 0.467 e. The lowest BCUT2D eigenvalue weighted by Crippen LogP contribution is -2.34. The molecule has 2 amide bonds. The molecule has 2 aromatic carbocycles. The van der Waals surface area contributed by atoms with E-state index in [1.165, 1.54) is 5.56 Å².